The van der Waals surface area contributed by atoms with Crippen molar-refractivity contribution in [2.45, 2.75) is 0 Å². The van der Waals surface area contributed by atoms with Gasteiger partial charge in [-0.25, -0.2) is 0 Å². The lowest BCUT2D eigenvalue weighted by Crippen LogP contribution is -2.02. The van der Waals surface area contributed by atoms with Gasteiger partial charge in [0.1, 0.15) is 0 Å². The molecule has 0 bridgehead atoms. The van der Waals surface area contributed by atoms with Gasteiger partial charge in [0.25, 0.3) is 0 Å². The first-order valence-electron chi connectivity index (χ1n) is 5.81. The first-order chi connectivity index (χ1) is 8.81. The molecule has 0 saturated carbocycles. The van der Waals surface area contributed by atoms with E-state index >= 15 is 0 Å². The number of rotatable bonds is 2. The number of carbonyl (C=O) groups is 1. The highest BCUT2D eigenvalue weighted by Crippen LogP contribution is 2.28. The maximum Gasteiger partial charge on any atom is 0.178 e. The Labute approximate surface area is 110 Å². The summed E-state index contributed by atoms with van der Waals surface area (Å²) in [7, 11) is 0. The van der Waals surface area contributed by atoms with Crippen LogP contribution in [0.2, 0.25) is 0 Å². The molecule has 0 aromatic heterocycles. The molecule has 3 aromatic rings. The average Bonchev–Trinajstić information content (AvgIpc) is 2.44. The van der Waals surface area contributed by atoms with E-state index in [0.717, 1.165) is 27.1 Å². The van der Waals surface area contributed by atoms with Gasteiger partial charge < -0.3 is 0 Å². The molecule has 2 heteroatoms. The van der Waals surface area contributed by atoms with Crippen LogP contribution in [0.25, 0.3) is 21.5 Å². The standard InChI is InChI=1S/C16H11ClO/c17-10-15(18)16-13-7-3-1-5-11(13)9-12-6-2-4-8-14(12)16/h1-9H,10H2. The predicted octanol–water partition coefficient (Wildman–Crippen LogP) is 4.41. The van der Waals surface area contributed by atoms with Crippen LogP contribution >= 0.6 is 11.6 Å². The smallest absolute Gasteiger partial charge is 0.178 e. The molecular weight excluding hydrogens is 244 g/mol. The Bertz CT molecular complexity index is 692. The molecule has 0 radical (unpaired) electrons. The summed E-state index contributed by atoms with van der Waals surface area (Å²) in [4.78, 5) is 12.1. The van der Waals surface area contributed by atoms with Crippen LogP contribution < -0.4 is 0 Å². The Morgan fingerprint density at radius 3 is 1.89 bits per heavy atom. The Morgan fingerprint density at radius 1 is 0.889 bits per heavy atom. The van der Waals surface area contributed by atoms with Crippen LogP contribution in [0.1, 0.15) is 10.4 Å². The second-order valence-electron chi connectivity index (χ2n) is 4.25. The van der Waals surface area contributed by atoms with Crippen molar-refractivity contribution < 1.29 is 4.79 Å². The highest BCUT2D eigenvalue weighted by Gasteiger charge is 2.13. The van der Waals surface area contributed by atoms with Crippen LogP contribution in [0.5, 0.6) is 0 Å². The van der Waals surface area contributed by atoms with Gasteiger partial charge in [-0.05, 0) is 27.6 Å². The molecule has 3 rings (SSSR count). The third kappa shape index (κ3) is 1.68. The molecule has 0 fully saturated rings. The Morgan fingerprint density at radius 2 is 1.39 bits per heavy atom. The fourth-order valence-corrected chi connectivity index (χ4v) is 2.51. The molecule has 0 spiro atoms. The lowest BCUT2D eigenvalue weighted by atomic mass is 9.95. The van der Waals surface area contributed by atoms with E-state index < -0.39 is 0 Å². The molecular formula is C16H11ClO. The molecule has 18 heavy (non-hydrogen) atoms. The summed E-state index contributed by atoms with van der Waals surface area (Å²) >= 11 is 5.74. The van der Waals surface area contributed by atoms with Gasteiger partial charge in [0.2, 0.25) is 0 Å². The normalized spacial score (nSPS) is 10.9. The summed E-state index contributed by atoms with van der Waals surface area (Å²) < 4.78 is 0. The number of Topliss-reactive ketones (excluding diaryl/α,β-unsaturated/α-hetero) is 1. The van der Waals surface area contributed by atoms with Gasteiger partial charge >= 0.3 is 0 Å². The zero-order chi connectivity index (χ0) is 12.5. The number of alkyl halides is 1. The monoisotopic (exact) mass is 254 g/mol. The number of ketones is 1. The van der Waals surface area contributed by atoms with E-state index in [9.17, 15) is 4.79 Å². The SMILES string of the molecule is O=C(CCl)c1c2ccccc2cc2ccccc12. The van der Waals surface area contributed by atoms with Crippen molar-refractivity contribution in [1.82, 2.24) is 0 Å². The van der Waals surface area contributed by atoms with Crippen molar-refractivity contribution in [3.63, 3.8) is 0 Å². The highest BCUT2D eigenvalue weighted by molar-refractivity contribution is 6.34. The minimum Gasteiger partial charge on any atom is -0.293 e. The van der Waals surface area contributed by atoms with E-state index in [1.807, 2.05) is 48.5 Å². The third-order valence-corrected chi connectivity index (χ3v) is 3.41. The van der Waals surface area contributed by atoms with Crippen molar-refractivity contribution >= 4 is 38.9 Å². The van der Waals surface area contributed by atoms with Gasteiger partial charge in [0.05, 0.1) is 5.88 Å². The van der Waals surface area contributed by atoms with E-state index in [1.54, 1.807) is 0 Å². The Balaban J connectivity index is 2.53. The maximum atomic E-state index is 12.1. The molecule has 0 aliphatic rings. The number of fused-ring (bicyclic) bond motifs is 2. The zero-order valence-corrected chi connectivity index (χ0v) is 10.4. The molecule has 1 nitrogen and oxygen atoms in total. The van der Waals surface area contributed by atoms with Gasteiger partial charge in [0, 0.05) is 5.56 Å². The number of benzene rings is 3. The zero-order valence-electron chi connectivity index (χ0n) is 9.69. The van der Waals surface area contributed by atoms with Crippen LogP contribution in [0.15, 0.2) is 54.6 Å². The lowest BCUT2D eigenvalue weighted by molar-refractivity contribution is 0.102. The van der Waals surface area contributed by atoms with Gasteiger partial charge in [-0.2, -0.15) is 0 Å². The first-order valence-corrected chi connectivity index (χ1v) is 6.34. The van der Waals surface area contributed by atoms with Crippen LogP contribution in [0, 0.1) is 0 Å². The lowest BCUT2D eigenvalue weighted by Gasteiger charge is -2.09. The Kier molecular flexibility index (Phi) is 2.77. The van der Waals surface area contributed by atoms with E-state index in [2.05, 4.69) is 6.07 Å². The van der Waals surface area contributed by atoms with Crippen molar-refractivity contribution in [3.05, 3.63) is 60.2 Å². The topological polar surface area (TPSA) is 17.1 Å². The third-order valence-electron chi connectivity index (χ3n) is 3.17. The molecule has 88 valence electrons. The molecule has 0 aliphatic heterocycles. The van der Waals surface area contributed by atoms with Crippen molar-refractivity contribution in [2.75, 3.05) is 5.88 Å². The Hall–Kier alpha value is -1.86. The molecule has 0 unspecified atom stereocenters. The van der Waals surface area contributed by atoms with E-state index in [0.29, 0.717) is 0 Å². The van der Waals surface area contributed by atoms with Crippen molar-refractivity contribution in [3.8, 4) is 0 Å². The average molecular weight is 255 g/mol. The largest absolute Gasteiger partial charge is 0.293 e. The van der Waals surface area contributed by atoms with Crippen LogP contribution in [0.3, 0.4) is 0 Å². The first kappa shape index (κ1) is 11.2. The second kappa shape index (κ2) is 4.43. The number of hydrogen-bond acceptors (Lipinski definition) is 1. The van der Waals surface area contributed by atoms with Crippen molar-refractivity contribution in [1.29, 1.82) is 0 Å². The van der Waals surface area contributed by atoms with E-state index in [1.165, 1.54) is 0 Å². The summed E-state index contributed by atoms with van der Waals surface area (Å²) in [6.45, 7) is 0. The van der Waals surface area contributed by atoms with Crippen LogP contribution in [0.4, 0.5) is 0 Å². The molecule has 0 saturated heterocycles. The van der Waals surface area contributed by atoms with Gasteiger partial charge in [0.15, 0.2) is 5.78 Å². The predicted molar refractivity (Wildman–Crippen MR) is 76.5 cm³/mol. The fraction of sp³-hybridized carbons (Fsp3) is 0.0625. The van der Waals surface area contributed by atoms with Crippen LogP contribution in [-0.2, 0) is 0 Å². The summed E-state index contributed by atoms with van der Waals surface area (Å²) in [5, 5.41) is 4.10. The quantitative estimate of drug-likeness (QED) is 0.376. The summed E-state index contributed by atoms with van der Waals surface area (Å²) in [5.74, 6) is -0.0116. The number of hydrogen-bond donors (Lipinski definition) is 0. The second-order valence-corrected chi connectivity index (χ2v) is 4.52. The number of halogens is 1. The molecule has 0 N–H and O–H groups in total. The minimum absolute atomic E-state index is 0.0119. The fourth-order valence-electron chi connectivity index (χ4n) is 2.38. The summed E-state index contributed by atoms with van der Waals surface area (Å²) in [5.41, 5.74) is 0.735. The van der Waals surface area contributed by atoms with Gasteiger partial charge in [-0.15, -0.1) is 11.6 Å². The molecule has 3 aromatic carbocycles. The molecule has 0 heterocycles. The van der Waals surface area contributed by atoms with E-state index in [4.69, 9.17) is 11.6 Å². The maximum absolute atomic E-state index is 12.1. The summed E-state index contributed by atoms with van der Waals surface area (Å²) in [6, 6.07) is 17.9. The highest BCUT2D eigenvalue weighted by atomic mass is 35.5. The van der Waals surface area contributed by atoms with E-state index in [-0.39, 0.29) is 11.7 Å². The van der Waals surface area contributed by atoms with Gasteiger partial charge in [-0.3, -0.25) is 4.79 Å². The molecule has 0 aliphatic carbocycles. The van der Waals surface area contributed by atoms with Crippen molar-refractivity contribution in [2.24, 2.45) is 0 Å². The van der Waals surface area contributed by atoms with Crippen LogP contribution in [-0.4, -0.2) is 11.7 Å². The molecule has 0 amide bonds. The van der Waals surface area contributed by atoms with Gasteiger partial charge in [-0.1, -0.05) is 48.5 Å². The molecule has 0 atom stereocenters. The number of carbonyl (C=O) groups excluding carboxylic acids is 1. The minimum atomic E-state index is -0.0235. The summed E-state index contributed by atoms with van der Waals surface area (Å²) in [6.07, 6.45) is 0.